The Bertz CT molecular complexity index is 477. The summed E-state index contributed by atoms with van der Waals surface area (Å²) in [5.74, 6) is 0.192. The number of hydrogen-bond acceptors (Lipinski definition) is 2. The fourth-order valence-electron chi connectivity index (χ4n) is 1.75. The molecule has 2 nitrogen and oxygen atoms in total. The number of hydrogen-bond donors (Lipinski definition) is 2. The van der Waals surface area contributed by atoms with Gasteiger partial charge in [-0.15, -0.1) is 0 Å². The summed E-state index contributed by atoms with van der Waals surface area (Å²) in [4.78, 5) is 0. The first kappa shape index (κ1) is 8.88. The molecule has 0 saturated heterocycles. The monoisotopic (exact) mass is 187 g/mol. The van der Waals surface area contributed by atoms with Crippen molar-refractivity contribution in [3.8, 4) is 5.75 Å². The van der Waals surface area contributed by atoms with Gasteiger partial charge in [-0.05, 0) is 23.4 Å². The summed E-state index contributed by atoms with van der Waals surface area (Å²) in [6, 6.07) is 9.61. The second-order valence-electron chi connectivity index (χ2n) is 3.37. The molecular weight excluding hydrogens is 174 g/mol. The third kappa shape index (κ3) is 1.20. The Kier molecular flexibility index (Phi) is 2.04. The topological polar surface area (TPSA) is 46.2 Å². The van der Waals surface area contributed by atoms with Gasteiger partial charge in [-0.25, -0.2) is 0 Å². The summed E-state index contributed by atoms with van der Waals surface area (Å²) in [5.41, 5.74) is 7.35. The van der Waals surface area contributed by atoms with Crippen LogP contribution in [-0.2, 0) is 6.42 Å². The molecule has 0 aliphatic rings. The summed E-state index contributed by atoms with van der Waals surface area (Å²) in [6.07, 6.45) is 0.922. The van der Waals surface area contributed by atoms with Crippen LogP contribution in [0.5, 0.6) is 5.75 Å². The van der Waals surface area contributed by atoms with E-state index < -0.39 is 0 Å². The van der Waals surface area contributed by atoms with Crippen molar-refractivity contribution in [3.63, 3.8) is 0 Å². The molecule has 2 aromatic rings. The molecule has 2 aromatic carbocycles. The molecule has 0 unspecified atom stereocenters. The zero-order chi connectivity index (χ0) is 10.1. The molecule has 0 atom stereocenters. The molecule has 0 heterocycles. The summed E-state index contributed by atoms with van der Waals surface area (Å²) >= 11 is 0. The zero-order valence-corrected chi connectivity index (χ0v) is 8.12. The van der Waals surface area contributed by atoms with Crippen molar-refractivity contribution in [1.82, 2.24) is 0 Å². The molecule has 2 heteroatoms. The number of rotatable bonds is 1. The maximum atomic E-state index is 9.75. The van der Waals surface area contributed by atoms with E-state index in [1.165, 1.54) is 5.56 Å². The van der Waals surface area contributed by atoms with Gasteiger partial charge in [0.25, 0.3) is 0 Å². The minimum atomic E-state index is 0.192. The van der Waals surface area contributed by atoms with E-state index in [2.05, 4.69) is 6.92 Å². The third-order valence-corrected chi connectivity index (χ3v) is 2.51. The molecule has 72 valence electrons. The quantitative estimate of drug-likeness (QED) is 0.532. The number of anilines is 1. The van der Waals surface area contributed by atoms with Gasteiger partial charge in [-0.3, -0.25) is 0 Å². The zero-order valence-electron chi connectivity index (χ0n) is 8.12. The van der Waals surface area contributed by atoms with E-state index in [0.29, 0.717) is 5.69 Å². The average Bonchev–Trinajstić information content (AvgIpc) is 2.23. The second-order valence-corrected chi connectivity index (χ2v) is 3.37. The van der Waals surface area contributed by atoms with Crippen molar-refractivity contribution in [2.24, 2.45) is 0 Å². The molecule has 2 rings (SSSR count). The highest BCUT2D eigenvalue weighted by Crippen LogP contribution is 2.33. The number of nitrogens with two attached hydrogens (primary N) is 1. The largest absolute Gasteiger partial charge is 0.505 e. The van der Waals surface area contributed by atoms with E-state index >= 15 is 0 Å². The van der Waals surface area contributed by atoms with E-state index in [1.54, 1.807) is 0 Å². The molecule has 0 aromatic heterocycles. The number of benzene rings is 2. The first-order valence-electron chi connectivity index (χ1n) is 4.73. The van der Waals surface area contributed by atoms with Crippen LogP contribution in [0.3, 0.4) is 0 Å². The normalized spacial score (nSPS) is 10.6. The van der Waals surface area contributed by atoms with E-state index in [1.807, 2.05) is 30.3 Å². The number of aromatic hydroxyl groups is 1. The lowest BCUT2D eigenvalue weighted by atomic mass is 10.0. The Hall–Kier alpha value is -1.70. The molecule has 0 bridgehead atoms. The minimum Gasteiger partial charge on any atom is -0.505 e. The molecule has 14 heavy (non-hydrogen) atoms. The Balaban J connectivity index is 2.89. The number of fused-ring (bicyclic) bond motifs is 1. The summed E-state index contributed by atoms with van der Waals surface area (Å²) < 4.78 is 0. The van der Waals surface area contributed by atoms with Gasteiger partial charge in [0.15, 0.2) is 0 Å². The SMILES string of the molecule is CCc1cc(N)c(O)c2ccccc12. The predicted molar refractivity (Wildman–Crippen MR) is 59.4 cm³/mol. The molecule has 3 N–H and O–H groups in total. The lowest BCUT2D eigenvalue weighted by Crippen LogP contribution is -1.91. The van der Waals surface area contributed by atoms with Gasteiger partial charge in [0, 0.05) is 5.39 Å². The number of phenolic OH excluding ortho intramolecular Hbond substituents is 1. The number of aryl methyl sites for hydroxylation is 1. The lowest BCUT2D eigenvalue weighted by molar-refractivity contribution is 0.484. The molecule has 0 fully saturated rings. The maximum absolute atomic E-state index is 9.75. The minimum absolute atomic E-state index is 0.192. The van der Waals surface area contributed by atoms with Gasteiger partial charge < -0.3 is 10.8 Å². The van der Waals surface area contributed by atoms with Gasteiger partial charge in [0.05, 0.1) is 5.69 Å². The van der Waals surface area contributed by atoms with Crippen LogP contribution in [0, 0.1) is 0 Å². The molecule has 0 radical (unpaired) electrons. The second kappa shape index (κ2) is 3.22. The molecular formula is C12H13NO. The predicted octanol–water partition coefficient (Wildman–Crippen LogP) is 2.69. The van der Waals surface area contributed by atoms with Crippen LogP contribution in [0.15, 0.2) is 30.3 Å². The standard InChI is InChI=1S/C12H13NO/c1-2-8-7-11(13)12(14)10-6-4-3-5-9(8)10/h3-7,14H,2,13H2,1H3. The van der Waals surface area contributed by atoms with Crippen LogP contribution < -0.4 is 5.73 Å². The smallest absolute Gasteiger partial charge is 0.146 e. The van der Waals surface area contributed by atoms with Gasteiger partial charge in [0.2, 0.25) is 0 Å². The molecule has 0 spiro atoms. The average molecular weight is 187 g/mol. The number of phenols is 1. The first-order chi connectivity index (χ1) is 6.74. The van der Waals surface area contributed by atoms with Gasteiger partial charge in [-0.2, -0.15) is 0 Å². The highest BCUT2D eigenvalue weighted by Gasteiger charge is 2.06. The highest BCUT2D eigenvalue weighted by molar-refractivity contribution is 5.95. The maximum Gasteiger partial charge on any atom is 0.146 e. The summed E-state index contributed by atoms with van der Waals surface area (Å²) in [5, 5.41) is 11.7. The van der Waals surface area contributed by atoms with Gasteiger partial charge in [-0.1, -0.05) is 31.2 Å². The fraction of sp³-hybridized carbons (Fsp3) is 0.167. The molecule has 0 amide bonds. The Morgan fingerprint density at radius 1 is 1.21 bits per heavy atom. The molecule has 0 aliphatic carbocycles. The van der Waals surface area contributed by atoms with Crippen molar-refractivity contribution < 1.29 is 5.11 Å². The van der Waals surface area contributed by atoms with Crippen LogP contribution in [-0.4, -0.2) is 5.11 Å². The van der Waals surface area contributed by atoms with E-state index in [-0.39, 0.29) is 5.75 Å². The van der Waals surface area contributed by atoms with Crippen molar-refractivity contribution >= 4 is 16.5 Å². The fourth-order valence-corrected chi connectivity index (χ4v) is 1.75. The lowest BCUT2D eigenvalue weighted by Gasteiger charge is -2.08. The van der Waals surface area contributed by atoms with Gasteiger partial charge >= 0.3 is 0 Å². The summed E-state index contributed by atoms with van der Waals surface area (Å²) in [7, 11) is 0. The Labute approximate surface area is 83.0 Å². The molecule has 0 saturated carbocycles. The van der Waals surface area contributed by atoms with Crippen LogP contribution >= 0.6 is 0 Å². The van der Waals surface area contributed by atoms with Crippen LogP contribution in [0.4, 0.5) is 5.69 Å². The van der Waals surface area contributed by atoms with Crippen molar-refractivity contribution in [2.45, 2.75) is 13.3 Å². The van der Waals surface area contributed by atoms with Crippen LogP contribution in [0.25, 0.3) is 10.8 Å². The summed E-state index contributed by atoms with van der Waals surface area (Å²) in [6.45, 7) is 2.08. The molecule has 0 aliphatic heterocycles. The van der Waals surface area contributed by atoms with E-state index in [0.717, 1.165) is 17.2 Å². The Morgan fingerprint density at radius 3 is 2.50 bits per heavy atom. The van der Waals surface area contributed by atoms with Crippen molar-refractivity contribution in [3.05, 3.63) is 35.9 Å². The number of nitrogen functional groups attached to an aromatic ring is 1. The third-order valence-electron chi connectivity index (χ3n) is 2.51. The van der Waals surface area contributed by atoms with Crippen molar-refractivity contribution in [1.29, 1.82) is 0 Å². The van der Waals surface area contributed by atoms with Gasteiger partial charge in [0.1, 0.15) is 5.75 Å². The van der Waals surface area contributed by atoms with E-state index in [4.69, 9.17) is 5.73 Å². The highest BCUT2D eigenvalue weighted by atomic mass is 16.3. The first-order valence-corrected chi connectivity index (χ1v) is 4.73. The van der Waals surface area contributed by atoms with Crippen LogP contribution in [0.2, 0.25) is 0 Å². The van der Waals surface area contributed by atoms with Crippen molar-refractivity contribution in [2.75, 3.05) is 5.73 Å². The van der Waals surface area contributed by atoms with Crippen LogP contribution in [0.1, 0.15) is 12.5 Å². The Morgan fingerprint density at radius 2 is 1.86 bits per heavy atom. The van der Waals surface area contributed by atoms with E-state index in [9.17, 15) is 5.11 Å².